The van der Waals surface area contributed by atoms with Crippen molar-refractivity contribution in [1.29, 1.82) is 0 Å². The molecule has 31 heavy (non-hydrogen) atoms. The third-order valence-corrected chi connectivity index (χ3v) is 4.46. The lowest BCUT2D eigenvalue weighted by Crippen LogP contribution is -2.55. The van der Waals surface area contributed by atoms with Gasteiger partial charge in [0.2, 0.25) is 0 Å². The first-order chi connectivity index (χ1) is 14.7. The van der Waals surface area contributed by atoms with Crippen LogP contribution >= 0.6 is 0 Å². The highest BCUT2D eigenvalue weighted by Crippen LogP contribution is 2.23. The Morgan fingerprint density at radius 2 is 1.87 bits per heavy atom. The number of ether oxygens (including phenoxy) is 3. The van der Waals surface area contributed by atoms with Crippen LogP contribution in [0.3, 0.4) is 0 Å². The summed E-state index contributed by atoms with van der Waals surface area (Å²) in [6, 6.07) is 6.10. The van der Waals surface area contributed by atoms with Crippen LogP contribution in [0.25, 0.3) is 0 Å². The summed E-state index contributed by atoms with van der Waals surface area (Å²) < 4.78 is 30.3. The minimum Gasteiger partial charge on any atom is -0.494 e. The van der Waals surface area contributed by atoms with Crippen LogP contribution in [0, 0.1) is 17.7 Å². The molecular weight excluding hydrogens is 399 g/mol. The summed E-state index contributed by atoms with van der Waals surface area (Å²) in [5, 5.41) is 0. The molecule has 0 N–H and O–H groups in total. The molecule has 1 atom stereocenters. The predicted molar refractivity (Wildman–Crippen MR) is 115 cm³/mol. The third-order valence-electron chi connectivity index (χ3n) is 4.46. The zero-order valence-corrected chi connectivity index (χ0v) is 18.3. The van der Waals surface area contributed by atoms with E-state index in [2.05, 4.69) is 16.8 Å². The van der Waals surface area contributed by atoms with E-state index in [-0.39, 0.29) is 12.1 Å². The fraction of sp³-hybridized carbons (Fsp3) is 0.417. The highest BCUT2D eigenvalue weighted by molar-refractivity contribution is 5.69. The number of nitrogens with zero attached hydrogens (tertiary/aromatic N) is 2. The molecule has 0 saturated carbocycles. The quantitative estimate of drug-likeness (QED) is 0.663. The van der Waals surface area contributed by atoms with E-state index in [0.29, 0.717) is 42.4 Å². The third kappa shape index (κ3) is 6.61. The minimum absolute atomic E-state index is 0.0335. The number of pyridine rings is 1. The zero-order chi connectivity index (χ0) is 22.4. The molecule has 1 amide bonds. The number of hydrogen-bond acceptors (Lipinski definition) is 5. The molecular formula is C24H27FN2O4. The Hall–Kier alpha value is -3.27. The Kier molecular flexibility index (Phi) is 7.01. The minimum atomic E-state index is -0.528. The number of carbonyl (C=O) groups excluding carboxylic acids is 1. The van der Waals surface area contributed by atoms with Crippen molar-refractivity contribution in [2.45, 2.75) is 45.8 Å². The van der Waals surface area contributed by atoms with Gasteiger partial charge in [0, 0.05) is 29.9 Å². The van der Waals surface area contributed by atoms with Gasteiger partial charge in [-0.25, -0.2) is 9.18 Å². The SMILES string of the molecule is CCOc1cc(F)cc(C#Cc2cncc(OCC3CCN3C(=O)OC(C)(C)C)c2)c1. The van der Waals surface area contributed by atoms with Crippen molar-refractivity contribution in [2.24, 2.45) is 0 Å². The normalized spacial score (nSPS) is 15.4. The van der Waals surface area contributed by atoms with Gasteiger partial charge in [0.15, 0.2) is 0 Å². The van der Waals surface area contributed by atoms with Crippen LogP contribution in [0.1, 0.15) is 45.2 Å². The summed E-state index contributed by atoms with van der Waals surface area (Å²) in [5.41, 5.74) is 0.620. The molecule has 1 aromatic heterocycles. The molecule has 1 aromatic carbocycles. The predicted octanol–water partition coefficient (Wildman–Crippen LogP) is 4.41. The highest BCUT2D eigenvalue weighted by Gasteiger charge is 2.35. The van der Waals surface area contributed by atoms with E-state index >= 15 is 0 Å². The molecule has 6 nitrogen and oxygen atoms in total. The molecule has 0 bridgehead atoms. The number of aromatic nitrogens is 1. The maximum Gasteiger partial charge on any atom is 0.410 e. The van der Waals surface area contributed by atoms with Gasteiger partial charge in [-0.1, -0.05) is 11.8 Å². The molecule has 1 aliphatic heterocycles. The molecule has 1 fully saturated rings. The average molecular weight is 426 g/mol. The van der Waals surface area contributed by atoms with Crippen LogP contribution in [0.5, 0.6) is 11.5 Å². The van der Waals surface area contributed by atoms with Gasteiger partial charge in [0.05, 0.1) is 18.8 Å². The number of benzene rings is 1. The van der Waals surface area contributed by atoms with Gasteiger partial charge in [-0.2, -0.15) is 0 Å². The molecule has 7 heteroatoms. The summed E-state index contributed by atoms with van der Waals surface area (Å²) in [4.78, 5) is 18.0. The fourth-order valence-electron chi connectivity index (χ4n) is 2.96. The second-order valence-electron chi connectivity index (χ2n) is 8.20. The van der Waals surface area contributed by atoms with Crippen molar-refractivity contribution in [3.05, 3.63) is 53.6 Å². The van der Waals surface area contributed by atoms with E-state index in [0.717, 1.165) is 6.42 Å². The zero-order valence-electron chi connectivity index (χ0n) is 18.3. The lowest BCUT2D eigenvalue weighted by atomic mass is 10.1. The van der Waals surface area contributed by atoms with Crippen LogP contribution in [-0.4, -0.2) is 47.4 Å². The summed E-state index contributed by atoms with van der Waals surface area (Å²) in [7, 11) is 0. The monoisotopic (exact) mass is 426 g/mol. The largest absolute Gasteiger partial charge is 0.494 e. The van der Waals surface area contributed by atoms with E-state index in [4.69, 9.17) is 14.2 Å². The molecule has 1 aliphatic rings. The Labute approximate surface area is 182 Å². The molecule has 2 heterocycles. The lowest BCUT2D eigenvalue weighted by Gasteiger charge is -2.40. The standard InChI is InChI=1S/C24H27FN2O4/c1-5-29-21-11-17(10-19(25)13-21)6-7-18-12-22(15-26-14-18)30-16-20-8-9-27(20)23(28)31-24(2,3)4/h10-15,20H,5,8-9,16H2,1-4H3. The first kappa shape index (κ1) is 22.4. The van der Waals surface area contributed by atoms with Gasteiger partial charge >= 0.3 is 6.09 Å². The Morgan fingerprint density at radius 3 is 2.55 bits per heavy atom. The number of likely N-dealkylation sites (tertiary alicyclic amines) is 1. The van der Waals surface area contributed by atoms with Crippen molar-refractivity contribution in [1.82, 2.24) is 9.88 Å². The molecule has 0 aliphatic carbocycles. The number of halogens is 1. The topological polar surface area (TPSA) is 60.9 Å². The second kappa shape index (κ2) is 9.69. The lowest BCUT2D eigenvalue weighted by molar-refractivity contribution is -0.0141. The van der Waals surface area contributed by atoms with Crippen molar-refractivity contribution in [2.75, 3.05) is 19.8 Å². The molecule has 164 valence electrons. The molecule has 3 rings (SSSR count). The maximum absolute atomic E-state index is 13.7. The first-order valence-electron chi connectivity index (χ1n) is 10.3. The Morgan fingerprint density at radius 1 is 1.13 bits per heavy atom. The second-order valence-corrected chi connectivity index (χ2v) is 8.20. The first-order valence-corrected chi connectivity index (χ1v) is 10.3. The number of amides is 1. The van der Waals surface area contributed by atoms with E-state index in [1.807, 2.05) is 27.7 Å². The molecule has 2 aromatic rings. The van der Waals surface area contributed by atoms with Gasteiger partial charge < -0.3 is 19.1 Å². The summed E-state index contributed by atoms with van der Waals surface area (Å²) >= 11 is 0. The average Bonchev–Trinajstić information content (AvgIpc) is 2.64. The number of rotatable bonds is 5. The van der Waals surface area contributed by atoms with E-state index in [1.54, 1.807) is 29.4 Å². The van der Waals surface area contributed by atoms with Gasteiger partial charge in [-0.3, -0.25) is 4.98 Å². The van der Waals surface area contributed by atoms with Crippen molar-refractivity contribution in [3.63, 3.8) is 0 Å². The van der Waals surface area contributed by atoms with Crippen LogP contribution < -0.4 is 9.47 Å². The van der Waals surface area contributed by atoms with Crippen LogP contribution in [0.2, 0.25) is 0 Å². The van der Waals surface area contributed by atoms with E-state index in [9.17, 15) is 9.18 Å². The number of carbonyl (C=O) groups is 1. The van der Waals surface area contributed by atoms with Gasteiger partial charge in [0.25, 0.3) is 0 Å². The number of hydrogen-bond donors (Lipinski definition) is 0. The van der Waals surface area contributed by atoms with Crippen LogP contribution in [0.4, 0.5) is 9.18 Å². The van der Waals surface area contributed by atoms with Crippen LogP contribution in [-0.2, 0) is 4.74 Å². The molecule has 1 saturated heterocycles. The van der Waals surface area contributed by atoms with Crippen molar-refractivity contribution in [3.8, 4) is 23.3 Å². The molecule has 0 radical (unpaired) electrons. The molecule has 0 spiro atoms. The molecule has 1 unspecified atom stereocenters. The maximum atomic E-state index is 13.7. The van der Waals surface area contributed by atoms with Crippen molar-refractivity contribution < 1.29 is 23.4 Å². The van der Waals surface area contributed by atoms with Gasteiger partial charge in [-0.05, 0) is 52.3 Å². The Bertz CT molecular complexity index is 991. The smallest absolute Gasteiger partial charge is 0.410 e. The summed E-state index contributed by atoms with van der Waals surface area (Å²) in [6.07, 6.45) is 3.73. The van der Waals surface area contributed by atoms with Gasteiger partial charge in [0.1, 0.15) is 29.5 Å². The summed E-state index contributed by atoms with van der Waals surface area (Å²) in [5.74, 6) is 6.48. The van der Waals surface area contributed by atoms with Gasteiger partial charge in [-0.15, -0.1) is 0 Å². The van der Waals surface area contributed by atoms with E-state index in [1.165, 1.54) is 12.1 Å². The van der Waals surface area contributed by atoms with Crippen molar-refractivity contribution >= 4 is 6.09 Å². The van der Waals surface area contributed by atoms with Crippen LogP contribution in [0.15, 0.2) is 36.7 Å². The van der Waals surface area contributed by atoms with E-state index < -0.39 is 11.4 Å². The Balaban J connectivity index is 1.61. The fourth-order valence-corrected chi connectivity index (χ4v) is 2.96. The summed E-state index contributed by atoms with van der Waals surface area (Å²) in [6.45, 7) is 8.82. The highest BCUT2D eigenvalue weighted by atomic mass is 19.1.